The molecule has 6 heteroatoms. The number of methoxy groups -OCH3 is 1. The van der Waals surface area contributed by atoms with Crippen molar-refractivity contribution in [2.45, 2.75) is 0 Å². The summed E-state index contributed by atoms with van der Waals surface area (Å²) >= 11 is 0. The zero-order valence-electron chi connectivity index (χ0n) is 9.46. The number of pyridine rings is 1. The van der Waals surface area contributed by atoms with E-state index in [-0.39, 0.29) is 17.1 Å². The molecule has 0 atom stereocenters. The molecule has 1 heterocycles. The van der Waals surface area contributed by atoms with Gasteiger partial charge < -0.3 is 4.74 Å². The number of nitrogens with zero attached hydrogens (tertiary/aromatic N) is 2. The highest BCUT2D eigenvalue weighted by Gasteiger charge is 2.18. The number of hydrogen-bond donors (Lipinski definition) is 0. The molecule has 0 aliphatic carbocycles. The van der Waals surface area contributed by atoms with Gasteiger partial charge in [-0.25, -0.2) is 9.37 Å². The van der Waals surface area contributed by atoms with Crippen molar-refractivity contribution in [3.8, 4) is 17.0 Å². The van der Waals surface area contributed by atoms with Gasteiger partial charge in [0.15, 0.2) is 0 Å². The van der Waals surface area contributed by atoms with Crippen molar-refractivity contribution in [2.24, 2.45) is 0 Å². The maximum absolute atomic E-state index is 13.6. The van der Waals surface area contributed by atoms with Crippen LogP contribution in [0.2, 0.25) is 0 Å². The monoisotopic (exact) mass is 248 g/mol. The van der Waals surface area contributed by atoms with Gasteiger partial charge in [-0.3, -0.25) is 10.1 Å². The summed E-state index contributed by atoms with van der Waals surface area (Å²) in [7, 11) is 1.29. The van der Waals surface area contributed by atoms with Gasteiger partial charge in [0.2, 0.25) is 0 Å². The molecule has 0 bridgehead atoms. The Balaban J connectivity index is 2.57. The van der Waals surface area contributed by atoms with Crippen LogP contribution in [0.4, 0.5) is 10.1 Å². The summed E-state index contributed by atoms with van der Waals surface area (Å²) in [4.78, 5) is 14.0. The van der Waals surface area contributed by atoms with Crippen LogP contribution < -0.4 is 4.74 Å². The van der Waals surface area contributed by atoms with Crippen molar-refractivity contribution >= 4 is 5.69 Å². The molecule has 1 aromatic carbocycles. The average Bonchev–Trinajstić information content (AvgIpc) is 2.38. The number of benzene rings is 1. The van der Waals surface area contributed by atoms with Crippen LogP contribution in [0.15, 0.2) is 36.5 Å². The maximum Gasteiger partial charge on any atom is 0.331 e. The number of ether oxygens (including phenoxy) is 1. The van der Waals surface area contributed by atoms with Gasteiger partial charge in [-0.1, -0.05) is 18.2 Å². The van der Waals surface area contributed by atoms with Crippen LogP contribution in [0.1, 0.15) is 0 Å². The second-order valence-electron chi connectivity index (χ2n) is 3.49. The van der Waals surface area contributed by atoms with E-state index in [1.807, 2.05) is 0 Å². The molecule has 0 radical (unpaired) electrons. The quantitative estimate of drug-likeness (QED) is 0.618. The largest absolute Gasteiger partial charge is 0.476 e. The van der Waals surface area contributed by atoms with E-state index in [1.165, 1.54) is 31.5 Å². The first-order valence-corrected chi connectivity index (χ1v) is 5.07. The summed E-state index contributed by atoms with van der Waals surface area (Å²) in [6.45, 7) is 0. The Kier molecular flexibility index (Phi) is 3.18. The highest BCUT2D eigenvalue weighted by molar-refractivity contribution is 5.67. The predicted molar refractivity (Wildman–Crippen MR) is 62.8 cm³/mol. The SMILES string of the molecule is COc1ncc(-c2ccccc2F)cc1[N+](=O)[O-]. The fourth-order valence-corrected chi connectivity index (χ4v) is 1.57. The Morgan fingerprint density at radius 3 is 2.72 bits per heavy atom. The molecule has 0 aliphatic heterocycles. The summed E-state index contributed by atoms with van der Waals surface area (Å²) < 4.78 is 18.3. The zero-order chi connectivity index (χ0) is 13.1. The van der Waals surface area contributed by atoms with Crippen molar-refractivity contribution in [1.29, 1.82) is 0 Å². The molecular weight excluding hydrogens is 239 g/mol. The number of rotatable bonds is 3. The molecule has 1 aromatic heterocycles. The van der Waals surface area contributed by atoms with Gasteiger partial charge in [0.25, 0.3) is 5.88 Å². The molecule has 0 aliphatic rings. The molecule has 0 saturated carbocycles. The normalized spacial score (nSPS) is 10.1. The lowest BCUT2D eigenvalue weighted by molar-refractivity contribution is -0.386. The lowest BCUT2D eigenvalue weighted by Crippen LogP contribution is -1.97. The van der Waals surface area contributed by atoms with Crippen molar-refractivity contribution in [3.63, 3.8) is 0 Å². The minimum Gasteiger partial charge on any atom is -0.476 e. The van der Waals surface area contributed by atoms with Gasteiger partial charge in [0.1, 0.15) is 5.82 Å². The molecule has 0 unspecified atom stereocenters. The molecule has 2 aromatic rings. The van der Waals surface area contributed by atoms with Crippen molar-refractivity contribution in [1.82, 2.24) is 4.98 Å². The number of halogens is 1. The summed E-state index contributed by atoms with van der Waals surface area (Å²) in [5.74, 6) is -0.557. The minimum absolute atomic E-state index is 0.0971. The van der Waals surface area contributed by atoms with Crippen LogP contribution in [-0.2, 0) is 0 Å². The second-order valence-corrected chi connectivity index (χ2v) is 3.49. The van der Waals surface area contributed by atoms with Gasteiger partial charge in [-0.2, -0.15) is 0 Å². The third-order valence-electron chi connectivity index (χ3n) is 2.41. The lowest BCUT2D eigenvalue weighted by atomic mass is 10.1. The minimum atomic E-state index is -0.615. The van der Waals surface area contributed by atoms with Crippen LogP contribution in [-0.4, -0.2) is 17.0 Å². The van der Waals surface area contributed by atoms with Crippen LogP contribution >= 0.6 is 0 Å². The van der Waals surface area contributed by atoms with Crippen LogP contribution in [0.5, 0.6) is 5.88 Å². The van der Waals surface area contributed by atoms with E-state index in [2.05, 4.69) is 4.98 Å². The number of hydrogen-bond acceptors (Lipinski definition) is 4. The van der Waals surface area contributed by atoms with E-state index in [0.717, 1.165) is 0 Å². The molecule has 0 saturated heterocycles. The Morgan fingerprint density at radius 2 is 2.11 bits per heavy atom. The topological polar surface area (TPSA) is 65.3 Å². The lowest BCUT2D eigenvalue weighted by Gasteiger charge is -2.05. The van der Waals surface area contributed by atoms with E-state index >= 15 is 0 Å². The Morgan fingerprint density at radius 1 is 1.39 bits per heavy atom. The summed E-state index contributed by atoms with van der Waals surface area (Å²) in [6, 6.07) is 7.25. The van der Waals surface area contributed by atoms with E-state index in [9.17, 15) is 14.5 Å². The molecule has 0 spiro atoms. The summed E-state index contributed by atoms with van der Waals surface area (Å²) in [6.07, 6.45) is 1.34. The third-order valence-corrected chi connectivity index (χ3v) is 2.41. The average molecular weight is 248 g/mol. The fourth-order valence-electron chi connectivity index (χ4n) is 1.57. The first-order chi connectivity index (χ1) is 8.63. The van der Waals surface area contributed by atoms with E-state index < -0.39 is 10.7 Å². The fraction of sp³-hybridized carbons (Fsp3) is 0.0833. The Bertz CT molecular complexity index is 602. The van der Waals surface area contributed by atoms with Crippen LogP contribution in [0.3, 0.4) is 0 Å². The molecule has 2 rings (SSSR count). The highest BCUT2D eigenvalue weighted by atomic mass is 19.1. The molecule has 0 fully saturated rings. The van der Waals surface area contributed by atoms with Crippen molar-refractivity contribution < 1.29 is 14.1 Å². The molecule has 18 heavy (non-hydrogen) atoms. The van der Waals surface area contributed by atoms with Crippen molar-refractivity contribution in [2.75, 3.05) is 7.11 Å². The standard InChI is InChI=1S/C12H9FN2O3/c1-18-12-11(15(16)17)6-8(7-14-12)9-4-2-3-5-10(9)13/h2-7H,1H3. The predicted octanol–water partition coefficient (Wildman–Crippen LogP) is 2.80. The zero-order valence-corrected chi connectivity index (χ0v) is 9.46. The van der Waals surface area contributed by atoms with Crippen molar-refractivity contribution in [3.05, 3.63) is 52.5 Å². The number of aromatic nitrogens is 1. The molecule has 5 nitrogen and oxygen atoms in total. The van der Waals surface area contributed by atoms with E-state index in [0.29, 0.717) is 5.56 Å². The van der Waals surface area contributed by atoms with Gasteiger partial charge in [0, 0.05) is 23.4 Å². The van der Waals surface area contributed by atoms with Gasteiger partial charge in [-0.05, 0) is 6.07 Å². The highest BCUT2D eigenvalue weighted by Crippen LogP contribution is 2.30. The first-order valence-electron chi connectivity index (χ1n) is 5.07. The molecular formula is C12H9FN2O3. The summed E-state index contributed by atoms with van der Waals surface area (Å²) in [5.41, 5.74) is 0.301. The Hall–Kier alpha value is -2.50. The van der Waals surface area contributed by atoms with Gasteiger partial charge in [0.05, 0.1) is 12.0 Å². The maximum atomic E-state index is 13.6. The molecule has 0 N–H and O–H groups in total. The first kappa shape index (κ1) is 12.0. The smallest absolute Gasteiger partial charge is 0.331 e. The molecule has 92 valence electrons. The van der Waals surface area contributed by atoms with Gasteiger partial charge in [-0.15, -0.1) is 0 Å². The van der Waals surface area contributed by atoms with E-state index in [4.69, 9.17) is 4.74 Å². The number of nitro groups is 1. The van der Waals surface area contributed by atoms with E-state index in [1.54, 1.807) is 12.1 Å². The van der Waals surface area contributed by atoms with Crippen LogP contribution in [0.25, 0.3) is 11.1 Å². The second kappa shape index (κ2) is 4.79. The summed E-state index contributed by atoms with van der Waals surface area (Å²) in [5, 5.41) is 10.8. The van der Waals surface area contributed by atoms with Gasteiger partial charge >= 0.3 is 5.69 Å². The van der Waals surface area contributed by atoms with Crippen LogP contribution in [0, 0.1) is 15.9 Å². The third kappa shape index (κ3) is 2.13. The molecule has 0 amide bonds. The Labute approximate surface area is 102 Å².